The van der Waals surface area contributed by atoms with Gasteiger partial charge in [-0.05, 0) is 31.1 Å². The van der Waals surface area contributed by atoms with E-state index in [2.05, 4.69) is 34.2 Å². The van der Waals surface area contributed by atoms with E-state index in [9.17, 15) is 4.79 Å². The molecule has 0 aliphatic rings. The number of anilines is 1. The molecule has 0 bridgehead atoms. The lowest BCUT2D eigenvalue weighted by Crippen LogP contribution is -2.07. The molecule has 150 valence electrons. The molecular formula is C21H22ClN5O2. The Hall–Kier alpha value is -3.19. The lowest BCUT2D eigenvalue weighted by atomic mass is 10.2. The molecule has 1 aromatic carbocycles. The van der Waals surface area contributed by atoms with Crippen molar-refractivity contribution in [2.45, 2.75) is 27.3 Å². The molecule has 3 aromatic rings. The van der Waals surface area contributed by atoms with Crippen molar-refractivity contribution in [3.63, 3.8) is 0 Å². The van der Waals surface area contributed by atoms with Gasteiger partial charge >= 0.3 is 0 Å². The Morgan fingerprint density at radius 3 is 2.90 bits per heavy atom. The molecule has 0 spiro atoms. The minimum Gasteiger partial charge on any atom is -0.437 e. The number of hydrogen-bond donors (Lipinski definition) is 1. The summed E-state index contributed by atoms with van der Waals surface area (Å²) in [5, 5.41) is 7.77. The number of nitrogens with zero attached hydrogens (tertiary/aromatic N) is 4. The summed E-state index contributed by atoms with van der Waals surface area (Å²) in [6.45, 7) is 6.78. The van der Waals surface area contributed by atoms with Crippen LogP contribution >= 0.6 is 11.6 Å². The van der Waals surface area contributed by atoms with Gasteiger partial charge in [-0.15, -0.1) is 0 Å². The van der Waals surface area contributed by atoms with E-state index in [0.29, 0.717) is 28.4 Å². The third kappa shape index (κ3) is 5.65. The summed E-state index contributed by atoms with van der Waals surface area (Å²) in [6.07, 6.45) is 7.74. The molecule has 1 amide bonds. The molecule has 0 aliphatic carbocycles. The van der Waals surface area contributed by atoms with Gasteiger partial charge in [0.05, 0.1) is 11.9 Å². The molecular weight excluding hydrogens is 390 g/mol. The lowest BCUT2D eigenvalue weighted by molar-refractivity contribution is -0.111. The average molecular weight is 412 g/mol. The number of nitrogens with one attached hydrogen (secondary N) is 1. The van der Waals surface area contributed by atoms with Crippen molar-refractivity contribution < 1.29 is 9.53 Å². The van der Waals surface area contributed by atoms with Crippen LogP contribution in [0.2, 0.25) is 5.15 Å². The van der Waals surface area contributed by atoms with Crippen molar-refractivity contribution in [1.29, 1.82) is 0 Å². The molecule has 0 atom stereocenters. The van der Waals surface area contributed by atoms with Gasteiger partial charge in [-0.2, -0.15) is 5.10 Å². The third-order valence-corrected chi connectivity index (χ3v) is 4.31. The molecule has 29 heavy (non-hydrogen) atoms. The molecule has 0 aliphatic heterocycles. The molecule has 1 N–H and O–H groups in total. The molecule has 2 aromatic heterocycles. The highest BCUT2D eigenvalue weighted by atomic mass is 35.5. The lowest BCUT2D eigenvalue weighted by Gasteiger charge is -2.07. The molecule has 0 radical (unpaired) electrons. The van der Waals surface area contributed by atoms with Gasteiger partial charge in [0, 0.05) is 42.3 Å². The van der Waals surface area contributed by atoms with Crippen molar-refractivity contribution in [3.05, 3.63) is 65.3 Å². The second-order valence-electron chi connectivity index (χ2n) is 6.86. The van der Waals surface area contributed by atoms with Gasteiger partial charge in [-0.3, -0.25) is 14.5 Å². The number of hydrogen-bond acceptors (Lipinski definition) is 5. The van der Waals surface area contributed by atoms with Gasteiger partial charge in [0.15, 0.2) is 0 Å². The summed E-state index contributed by atoms with van der Waals surface area (Å²) in [7, 11) is 0. The van der Waals surface area contributed by atoms with Gasteiger partial charge in [0.1, 0.15) is 10.9 Å². The van der Waals surface area contributed by atoms with E-state index in [-0.39, 0.29) is 5.91 Å². The molecule has 2 heterocycles. The smallest absolute Gasteiger partial charge is 0.248 e. The topological polar surface area (TPSA) is 81.9 Å². The van der Waals surface area contributed by atoms with Gasteiger partial charge < -0.3 is 10.1 Å². The summed E-state index contributed by atoms with van der Waals surface area (Å²) in [5.74, 6) is 1.05. The summed E-state index contributed by atoms with van der Waals surface area (Å²) in [6, 6.07) is 7.03. The SMILES string of the molecule is Cc1nn(CC(C)C)c(Cl)c1/C=C/C(=O)Nc1cccc(Oc2cnccn2)c1. The van der Waals surface area contributed by atoms with Crippen LogP contribution in [-0.4, -0.2) is 25.7 Å². The number of carbonyl (C=O) groups excluding carboxylic acids is 1. The van der Waals surface area contributed by atoms with Gasteiger partial charge in [-0.1, -0.05) is 31.5 Å². The van der Waals surface area contributed by atoms with E-state index >= 15 is 0 Å². The Kier molecular flexibility index (Phi) is 6.61. The van der Waals surface area contributed by atoms with E-state index in [0.717, 1.165) is 17.8 Å². The van der Waals surface area contributed by atoms with E-state index in [1.165, 1.54) is 12.3 Å². The number of aromatic nitrogens is 4. The van der Waals surface area contributed by atoms with E-state index in [1.54, 1.807) is 47.4 Å². The quantitative estimate of drug-likeness (QED) is 0.568. The fourth-order valence-corrected chi connectivity index (χ4v) is 2.97. The Bertz CT molecular complexity index is 1020. The predicted octanol–water partition coefficient (Wildman–Crippen LogP) is 4.74. The van der Waals surface area contributed by atoms with Crippen LogP contribution in [0.1, 0.15) is 25.1 Å². The number of rotatable bonds is 7. The normalized spacial score (nSPS) is 11.2. The number of halogens is 1. The highest BCUT2D eigenvalue weighted by molar-refractivity contribution is 6.31. The van der Waals surface area contributed by atoms with Crippen LogP contribution < -0.4 is 10.1 Å². The zero-order valence-corrected chi connectivity index (χ0v) is 17.2. The summed E-state index contributed by atoms with van der Waals surface area (Å²) < 4.78 is 7.38. The van der Waals surface area contributed by atoms with Crippen LogP contribution in [0.25, 0.3) is 6.08 Å². The van der Waals surface area contributed by atoms with Gasteiger partial charge in [0.2, 0.25) is 11.8 Å². The first-order valence-corrected chi connectivity index (χ1v) is 9.56. The minimum absolute atomic E-state index is 0.284. The first-order valence-electron chi connectivity index (χ1n) is 9.18. The largest absolute Gasteiger partial charge is 0.437 e. The van der Waals surface area contributed by atoms with E-state index in [1.807, 2.05) is 6.92 Å². The maximum absolute atomic E-state index is 12.3. The Morgan fingerprint density at radius 2 is 2.17 bits per heavy atom. The van der Waals surface area contributed by atoms with Crippen molar-refractivity contribution in [2.24, 2.45) is 5.92 Å². The summed E-state index contributed by atoms with van der Waals surface area (Å²) in [5.41, 5.74) is 2.11. The first kappa shape index (κ1) is 20.5. The average Bonchev–Trinajstić information content (AvgIpc) is 2.93. The van der Waals surface area contributed by atoms with Crippen LogP contribution in [0, 0.1) is 12.8 Å². The zero-order chi connectivity index (χ0) is 20.8. The molecule has 3 rings (SSSR count). The Morgan fingerprint density at radius 1 is 1.34 bits per heavy atom. The molecule has 8 heteroatoms. The monoisotopic (exact) mass is 411 g/mol. The fraction of sp³-hybridized carbons (Fsp3) is 0.238. The Labute approximate surface area is 174 Å². The maximum atomic E-state index is 12.3. The number of aryl methyl sites for hydroxylation is 1. The molecule has 0 fully saturated rings. The number of carbonyl (C=O) groups is 1. The molecule has 0 unspecified atom stereocenters. The van der Waals surface area contributed by atoms with Crippen molar-refractivity contribution >= 4 is 29.3 Å². The maximum Gasteiger partial charge on any atom is 0.248 e. The van der Waals surface area contributed by atoms with Crippen molar-refractivity contribution in [3.8, 4) is 11.6 Å². The fourth-order valence-electron chi connectivity index (χ4n) is 2.66. The van der Waals surface area contributed by atoms with Gasteiger partial charge in [0.25, 0.3) is 0 Å². The van der Waals surface area contributed by atoms with Crippen LogP contribution in [0.3, 0.4) is 0 Å². The van der Waals surface area contributed by atoms with Crippen molar-refractivity contribution in [1.82, 2.24) is 19.7 Å². The van der Waals surface area contributed by atoms with Gasteiger partial charge in [-0.25, -0.2) is 4.98 Å². The second kappa shape index (κ2) is 9.34. The highest BCUT2D eigenvalue weighted by Gasteiger charge is 2.12. The number of ether oxygens (including phenoxy) is 1. The van der Waals surface area contributed by atoms with Crippen LogP contribution in [-0.2, 0) is 11.3 Å². The highest BCUT2D eigenvalue weighted by Crippen LogP contribution is 2.24. The molecule has 7 nitrogen and oxygen atoms in total. The van der Waals surface area contributed by atoms with Crippen molar-refractivity contribution in [2.75, 3.05) is 5.32 Å². The third-order valence-electron chi connectivity index (χ3n) is 3.91. The van der Waals surface area contributed by atoms with Crippen LogP contribution in [0.15, 0.2) is 48.9 Å². The molecule has 0 saturated heterocycles. The standard InChI is InChI=1S/C21H22ClN5O2/c1-14(2)13-27-21(22)18(15(3)26-27)7-8-19(28)25-16-5-4-6-17(11-16)29-20-12-23-9-10-24-20/h4-12,14H,13H2,1-3H3,(H,25,28)/b8-7+. The zero-order valence-electron chi connectivity index (χ0n) is 16.5. The Balaban J connectivity index is 1.67. The number of amides is 1. The van der Waals surface area contributed by atoms with Crippen LogP contribution in [0.5, 0.6) is 11.6 Å². The predicted molar refractivity (Wildman–Crippen MR) is 113 cm³/mol. The first-order chi connectivity index (χ1) is 13.9. The molecule has 0 saturated carbocycles. The summed E-state index contributed by atoms with van der Waals surface area (Å²) in [4.78, 5) is 20.3. The van der Waals surface area contributed by atoms with Crippen LogP contribution in [0.4, 0.5) is 5.69 Å². The summed E-state index contributed by atoms with van der Waals surface area (Å²) >= 11 is 6.41. The van der Waals surface area contributed by atoms with E-state index < -0.39 is 0 Å². The second-order valence-corrected chi connectivity index (χ2v) is 7.22. The minimum atomic E-state index is -0.284. The van der Waals surface area contributed by atoms with E-state index in [4.69, 9.17) is 16.3 Å². The number of benzene rings is 1.